The summed E-state index contributed by atoms with van der Waals surface area (Å²) in [5.74, 6) is -0.325. The standard InChI is InChI=1S/C19H19ClN4O4/c1-11(19(26)22-17-5-4-15(24(27)28)10-16(17)20)21-14-3-6-18-13(9-14)7-8-23(18)12(2)25/h3-6,9-11,21H,7-8H2,1-2H3,(H,22,26)/t11-/m1/s1. The van der Waals surface area contributed by atoms with Gasteiger partial charge in [-0.1, -0.05) is 11.6 Å². The maximum absolute atomic E-state index is 12.4. The number of hydrogen-bond donors (Lipinski definition) is 2. The molecule has 2 amide bonds. The van der Waals surface area contributed by atoms with E-state index in [-0.39, 0.29) is 22.5 Å². The quantitative estimate of drug-likeness (QED) is 0.587. The Labute approximate surface area is 166 Å². The molecule has 9 heteroatoms. The van der Waals surface area contributed by atoms with E-state index in [9.17, 15) is 19.7 Å². The molecular formula is C19H19ClN4O4. The number of hydrogen-bond acceptors (Lipinski definition) is 5. The van der Waals surface area contributed by atoms with Crippen LogP contribution >= 0.6 is 11.6 Å². The van der Waals surface area contributed by atoms with Gasteiger partial charge in [0.2, 0.25) is 11.8 Å². The summed E-state index contributed by atoms with van der Waals surface area (Å²) in [6, 6.07) is 8.91. The predicted molar refractivity (Wildman–Crippen MR) is 108 cm³/mol. The second-order valence-corrected chi connectivity index (χ2v) is 6.95. The normalized spacial score (nSPS) is 13.6. The summed E-state index contributed by atoms with van der Waals surface area (Å²) in [6.45, 7) is 3.89. The van der Waals surface area contributed by atoms with Gasteiger partial charge in [-0.3, -0.25) is 19.7 Å². The van der Waals surface area contributed by atoms with Crippen molar-refractivity contribution in [2.45, 2.75) is 26.3 Å². The minimum absolute atomic E-state index is 0.00665. The zero-order chi connectivity index (χ0) is 20.4. The van der Waals surface area contributed by atoms with Gasteiger partial charge >= 0.3 is 0 Å². The van der Waals surface area contributed by atoms with Gasteiger partial charge < -0.3 is 15.5 Å². The molecule has 1 heterocycles. The highest BCUT2D eigenvalue weighted by Gasteiger charge is 2.23. The van der Waals surface area contributed by atoms with Crippen molar-refractivity contribution < 1.29 is 14.5 Å². The first-order valence-corrected chi connectivity index (χ1v) is 9.06. The van der Waals surface area contributed by atoms with Crippen molar-refractivity contribution in [2.24, 2.45) is 0 Å². The van der Waals surface area contributed by atoms with Gasteiger partial charge in [0.15, 0.2) is 0 Å². The molecule has 1 atom stereocenters. The van der Waals surface area contributed by atoms with E-state index < -0.39 is 11.0 Å². The maximum atomic E-state index is 12.4. The molecule has 0 aromatic heterocycles. The molecule has 0 spiro atoms. The average Bonchev–Trinajstić information content (AvgIpc) is 3.06. The number of nitro groups is 1. The molecule has 3 rings (SSSR count). The molecule has 2 aromatic rings. The summed E-state index contributed by atoms with van der Waals surface area (Å²) < 4.78 is 0. The molecule has 1 aliphatic rings. The van der Waals surface area contributed by atoms with Crippen LogP contribution in [-0.2, 0) is 16.0 Å². The van der Waals surface area contributed by atoms with Gasteiger partial charge in [-0.15, -0.1) is 0 Å². The fourth-order valence-corrected chi connectivity index (χ4v) is 3.32. The van der Waals surface area contributed by atoms with Crippen LogP contribution in [0, 0.1) is 10.1 Å². The number of nitro benzene ring substituents is 1. The number of anilines is 3. The minimum Gasteiger partial charge on any atom is -0.374 e. The van der Waals surface area contributed by atoms with Crippen LogP contribution in [0.25, 0.3) is 0 Å². The lowest BCUT2D eigenvalue weighted by atomic mass is 10.1. The average molecular weight is 403 g/mol. The highest BCUT2D eigenvalue weighted by atomic mass is 35.5. The van der Waals surface area contributed by atoms with E-state index in [4.69, 9.17) is 11.6 Å². The summed E-state index contributed by atoms with van der Waals surface area (Å²) in [7, 11) is 0. The van der Waals surface area contributed by atoms with E-state index in [0.29, 0.717) is 12.2 Å². The van der Waals surface area contributed by atoms with E-state index in [1.165, 1.54) is 25.1 Å². The minimum atomic E-state index is -0.574. The van der Waals surface area contributed by atoms with Crippen LogP contribution in [0.4, 0.5) is 22.7 Å². The molecule has 28 heavy (non-hydrogen) atoms. The lowest BCUT2D eigenvalue weighted by molar-refractivity contribution is -0.384. The van der Waals surface area contributed by atoms with Gasteiger partial charge in [-0.25, -0.2) is 0 Å². The van der Waals surface area contributed by atoms with Crippen LogP contribution in [0.15, 0.2) is 36.4 Å². The predicted octanol–water partition coefficient (Wildman–Crippen LogP) is 3.60. The van der Waals surface area contributed by atoms with Crippen molar-refractivity contribution in [1.29, 1.82) is 0 Å². The Kier molecular flexibility index (Phi) is 5.51. The Morgan fingerprint density at radius 1 is 1.25 bits per heavy atom. The number of amides is 2. The van der Waals surface area contributed by atoms with E-state index in [1.807, 2.05) is 18.2 Å². The molecule has 0 saturated heterocycles. The third-order valence-electron chi connectivity index (χ3n) is 4.55. The molecule has 0 radical (unpaired) electrons. The summed E-state index contributed by atoms with van der Waals surface area (Å²) in [4.78, 5) is 36.0. The van der Waals surface area contributed by atoms with E-state index >= 15 is 0 Å². The molecule has 2 aromatic carbocycles. The number of rotatable bonds is 5. The van der Waals surface area contributed by atoms with E-state index in [0.717, 1.165) is 23.4 Å². The maximum Gasteiger partial charge on any atom is 0.271 e. The van der Waals surface area contributed by atoms with Gasteiger partial charge in [0.25, 0.3) is 5.69 Å². The summed E-state index contributed by atoms with van der Waals surface area (Å²) in [5, 5.41) is 16.6. The monoisotopic (exact) mass is 402 g/mol. The number of nitrogens with one attached hydrogen (secondary N) is 2. The van der Waals surface area contributed by atoms with Crippen LogP contribution in [0.1, 0.15) is 19.4 Å². The number of nitrogens with zero attached hydrogens (tertiary/aromatic N) is 2. The smallest absolute Gasteiger partial charge is 0.271 e. The Morgan fingerprint density at radius 2 is 2.00 bits per heavy atom. The second kappa shape index (κ2) is 7.85. The SMILES string of the molecule is CC(=O)N1CCc2cc(N[C@H](C)C(=O)Nc3ccc([N+](=O)[O-])cc3Cl)ccc21. The molecule has 8 nitrogen and oxygen atoms in total. The zero-order valence-electron chi connectivity index (χ0n) is 15.4. The van der Waals surface area contributed by atoms with Crippen LogP contribution < -0.4 is 15.5 Å². The largest absolute Gasteiger partial charge is 0.374 e. The molecule has 0 fully saturated rings. The molecule has 0 bridgehead atoms. The van der Waals surface area contributed by atoms with Crippen LogP contribution in [0.2, 0.25) is 5.02 Å². The van der Waals surface area contributed by atoms with E-state index in [1.54, 1.807) is 11.8 Å². The first-order chi connectivity index (χ1) is 13.3. The first kappa shape index (κ1) is 19.6. The van der Waals surface area contributed by atoms with Crippen molar-refractivity contribution in [3.8, 4) is 0 Å². The third-order valence-corrected chi connectivity index (χ3v) is 4.87. The highest BCUT2D eigenvalue weighted by Crippen LogP contribution is 2.31. The van der Waals surface area contributed by atoms with Crippen molar-refractivity contribution in [3.63, 3.8) is 0 Å². The second-order valence-electron chi connectivity index (χ2n) is 6.54. The topological polar surface area (TPSA) is 105 Å². The lowest BCUT2D eigenvalue weighted by Gasteiger charge is -2.18. The zero-order valence-corrected chi connectivity index (χ0v) is 16.1. The Morgan fingerprint density at radius 3 is 2.64 bits per heavy atom. The first-order valence-electron chi connectivity index (χ1n) is 8.68. The number of non-ortho nitro benzene ring substituents is 1. The van der Waals surface area contributed by atoms with Gasteiger partial charge in [-0.2, -0.15) is 0 Å². The van der Waals surface area contributed by atoms with Crippen LogP contribution in [0.5, 0.6) is 0 Å². The highest BCUT2D eigenvalue weighted by molar-refractivity contribution is 6.34. The van der Waals surface area contributed by atoms with Crippen LogP contribution in [0.3, 0.4) is 0 Å². The molecule has 146 valence electrons. The fourth-order valence-electron chi connectivity index (χ4n) is 3.09. The van der Waals surface area contributed by atoms with Gasteiger partial charge in [0, 0.05) is 37.0 Å². The fraction of sp³-hybridized carbons (Fsp3) is 0.263. The summed E-state index contributed by atoms with van der Waals surface area (Å²) in [5.41, 5.74) is 2.87. The molecule has 1 aliphatic heterocycles. The number of benzene rings is 2. The van der Waals surface area contributed by atoms with Gasteiger partial charge in [0.1, 0.15) is 6.04 Å². The Balaban J connectivity index is 1.67. The molecule has 0 saturated carbocycles. The molecule has 2 N–H and O–H groups in total. The molecule has 0 aliphatic carbocycles. The number of carbonyl (C=O) groups excluding carboxylic acids is 2. The molecule has 0 unspecified atom stereocenters. The molecular weight excluding hydrogens is 384 g/mol. The third kappa shape index (κ3) is 4.07. The van der Waals surface area contributed by atoms with E-state index in [2.05, 4.69) is 10.6 Å². The summed E-state index contributed by atoms with van der Waals surface area (Å²) in [6.07, 6.45) is 0.767. The number of halogens is 1. The Bertz CT molecular complexity index is 963. The Hall–Kier alpha value is -3.13. The van der Waals surface area contributed by atoms with Crippen molar-refractivity contribution in [3.05, 3.63) is 57.1 Å². The number of carbonyl (C=O) groups is 2. The van der Waals surface area contributed by atoms with Crippen molar-refractivity contribution >= 4 is 46.2 Å². The number of fused-ring (bicyclic) bond motifs is 1. The lowest BCUT2D eigenvalue weighted by Crippen LogP contribution is -2.32. The van der Waals surface area contributed by atoms with Gasteiger partial charge in [0.05, 0.1) is 15.6 Å². The van der Waals surface area contributed by atoms with Gasteiger partial charge in [-0.05, 0) is 43.2 Å². The van der Waals surface area contributed by atoms with Crippen LogP contribution in [-0.4, -0.2) is 29.3 Å². The van der Waals surface area contributed by atoms with Crippen molar-refractivity contribution in [1.82, 2.24) is 0 Å². The van der Waals surface area contributed by atoms with Crippen molar-refractivity contribution in [2.75, 3.05) is 22.1 Å². The summed E-state index contributed by atoms with van der Waals surface area (Å²) >= 11 is 6.01.